The lowest BCUT2D eigenvalue weighted by molar-refractivity contribution is -0.121. The van der Waals surface area contributed by atoms with Gasteiger partial charge in [-0.2, -0.15) is 0 Å². The summed E-state index contributed by atoms with van der Waals surface area (Å²) in [5, 5.41) is 6.21. The van der Waals surface area contributed by atoms with Gasteiger partial charge in [0.05, 0.1) is 0 Å². The molecule has 102 valence electrons. The SMILES string of the molecule is CCC(C)NC(=O)CCNCCn1ccnc1C. The van der Waals surface area contributed by atoms with Crippen LogP contribution in [0.5, 0.6) is 0 Å². The Balaban J connectivity index is 2.05. The lowest BCUT2D eigenvalue weighted by Crippen LogP contribution is -2.34. The molecule has 0 aromatic carbocycles. The Bertz CT molecular complexity index is 362. The predicted molar refractivity (Wildman–Crippen MR) is 72.3 cm³/mol. The highest BCUT2D eigenvalue weighted by atomic mass is 16.1. The molecule has 0 saturated carbocycles. The molecular formula is C13H24N4O. The minimum atomic E-state index is 0.121. The Labute approximate surface area is 109 Å². The van der Waals surface area contributed by atoms with Crippen LogP contribution in [0.2, 0.25) is 0 Å². The normalized spacial score (nSPS) is 12.4. The number of imidazole rings is 1. The van der Waals surface area contributed by atoms with Crippen LogP contribution in [-0.2, 0) is 11.3 Å². The summed E-state index contributed by atoms with van der Waals surface area (Å²) in [6, 6.07) is 0.270. The van der Waals surface area contributed by atoms with Gasteiger partial charge in [0.2, 0.25) is 5.91 Å². The first-order valence-corrected chi connectivity index (χ1v) is 6.61. The standard InChI is InChI=1S/C13H24N4O/c1-4-11(2)16-13(18)5-6-14-7-9-17-10-8-15-12(17)3/h8,10-11,14H,4-7,9H2,1-3H3,(H,16,18). The van der Waals surface area contributed by atoms with Crippen molar-refractivity contribution in [2.24, 2.45) is 0 Å². The molecule has 0 aliphatic heterocycles. The van der Waals surface area contributed by atoms with Crippen LogP contribution in [0.3, 0.4) is 0 Å². The van der Waals surface area contributed by atoms with Gasteiger partial charge in [-0.05, 0) is 20.3 Å². The van der Waals surface area contributed by atoms with Crippen molar-refractivity contribution in [3.05, 3.63) is 18.2 Å². The summed E-state index contributed by atoms with van der Waals surface area (Å²) in [6.07, 6.45) is 5.27. The molecule has 1 amide bonds. The van der Waals surface area contributed by atoms with Gasteiger partial charge in [0.1, 0.15) is 5.82 Å². The minimum Gasteiger partial charge on any atom is -0.354 e. The monoisotopic (exact) mass is 252 g/mol. The van der Waals surface area contributed by atoms with Crippen molar-refractivity contribution in [3.63, 3.8) is 0 Å². The molecule has 0 fully saturated rings. The Morgan fingerprint density at radius 1 is 1.50 bits per heavy atom. The summed E-state index contributed by atoms with van der Waals surface area (Å²) in [4.78, 5) is 15.6. The first-order chi connectivity index (χ1) is 8.63. The van der Waals surface area contributed by atoms with E-state index in [4.69, 9.17) is 0 Å². The van der Waals surface area contributed by atoms with Crippen LogP contribution >= 0.6 is 0 Å². The molecular weight excluding hydrogens is 228 g/mol. The molecule has 1 heterocycles. The number of rotatable bonds is 8. The Morgan fingerprint density at radius 3 is 2.89 bits per heavy atom. The van der Waals surface area contributed by atoms with E-state index in [1.165, 1.54) is 0 Å². The number of amides is 1. The van der Waals surface area contributed by atoms with Crippen molar-refractivity contribution in [2.45, 2.75) is 46.2 Å². The molecule has 0 saturated heterocycles. The van der Waals surface area contributed by atoms with Gasteiger partial charge in [0.15, 0.2) is 0 Å². The number of nitrogens with one attached hydrogen (secondary N) is 2. The molecule has 0 spiro atoms. The maximum absolute atomic E-state index is 11.5. The predicted octanol–water partition coefficient (Wildman–Crippen LogP) is 1.09. The van der Waals surface area contributed by atoms with E-state index in [0.29, 0.717) is 6.42 Å². The molecule has 2 N–H and O–H groups in total. The molecule has 1 aromatic rings. The minimum absolute atomic E-state index is 0.121. The average Bonchev–Trinajstić information content (AvgIpc) is 2.74. The smallest absolute Gasteiger partial charge is 0.221 e. The highest BCUT2D eigenvalue weighted by molar-refractivity contribution is 5.76. The van der Waals surface area contributed by atoms with Crippen molar-refractivity contribution >= 4 is 5.91 Å². The molecule has 1 atom stereocenters. The fourth-order valence-corrected chi connectivity index (χ4v) is 1.62. The molecule has 1 unspecified atom stereocenters. The summed E-state index contributed by atoms with van der Waals surface area (Å²) in [5.41, 5.74) is 0. The second-order valence-corrected chi connectivity index (χ2v) is 4.54. The first-order valence-electron chi connectivity index (χ1n) is 6.61. The highest BCUT2D eigenvalue weighted by Gasteiger charge is 2.04. The van der Waals surface area contributed by atoms with Crippen LogP contribution in [0, 0.1) is 6.92 Å². The van der Waals surface area contributed by atoms with Gasteiger partial charge in [0.25, 0.3) is 0 Å². The topological polar surface area (TPSA) is 59.0 Å². The summed E-state index contributed by atoms with van der Waals surface area (Å²) in [5.74, 6) is 1.14. The third-order valence-corrected chi connectivity index (χ3v) is 3.00. The van der Waals surface area contributed by atoms with Crippen LogP contribution in [-0.4, -0.2) is 34.6 Å². The third-order valence-electron chi connectivity index (χ3n) is 3.00. The molecule has 1 aromatic heterocycles. The summed E-state index contributed by atoms with van der Waals surface area (Å²) in [6.45, 7) is 8.53. The van der Waals surface area contributed by atoms with Crippen LogP contribution < -0.4 is 10.6 Å². The van der Waals surface area contributed by atoms with Crippen molar-refractivity contribution in [1.82, 2.24) is 20.2 Å². The van der Waals surface area contributed by atoms with Crippen molar-refractivity contribution in [1.29, 1.82) is 0 Å². The second-order valence-electron chi connectivity index (χ2n) is 4.54. The fraction of sp³-hybridized carbons (Fsp3) is 0.692. The maximum Gasteiger partial charge on any atom is 0.221 e. The van der Waals surface area contributed by atoms with Crippen molar-refractivity contribution in [3.8, 4) is 0 Å². The highest BCUT2D eigenvalue weighted by Crippen LogP contribution is 1.93. The van der Waals surface area contributed by atoms with Gasteiger partial charge in [-0.15, -0.1) is 0 Å². The molecule has 0 aliphatic carbocycles. The van der Waals surface area contributed by atoms with Crippen molar-refractivity contribution in [2.75, 3.05) is 13.1 Å². The van der Waals surface area contributed by atoms with E-state index in [9.17, 15) is 4.79 Å². The van der Waals surface area contributed by atoms with Gasteiger partial charge in [-0.25, -0.2) is 4.98 Å². The molecule has 5 nitrogen and oxygen atoms in total. The summed E-state index contributed by atoms with van der Waals surface area (Å²) in [7, 11) is 0. The first kappa shape index (κ1) is 14.7. The van der Waals surface area contributed by atoms with Gasteiger partial charge >= 0.3 is 0 Å². The quantitative estimate of drug-likeness (QED) is 0.681. The van der Waals surface area contributed by atoms with E-state index in [2.05, 4.69) is 27.1 Å². The van der Waals surface area contributed by atoms with Gasteiger partial charge in [-0.1, -0.05) is 6.92 Å². The van der Waals surface area contributed by atoms with E-state index >= 15 is 0 Å². The molecule has 0 aliphatic rings. The Kier molecular flexibility index (Phi) is 6.43. The average molecular weight is 252 g/mol. The zero-order chi connectivity index (χ0) is 13.4. The van der Waals surface area contributed by atoms with Crippen LogP contribution in [0.25, 0.3) is 0 Å². The number of hydrogen-bond acceptors (Lipinski definition) is 3. The van der Waals surface area contributed by atoms with E-state index in [1.54, 1.807) is 6.20 Å². The Morgan fingerprint density at radius 2 is 2.28 bits per heavy atom. The number of aryl methyl sites for hydroxylation is 1. The number of hydrogen-bond donors (Lipinski definition) is 2. The van der Waals surface area contributed by atoms with Crippen LogP contribution in [0.1, 0.15) is 32.5 Å². The van der Waals surface area contributed by atoms with E-state index in [1.807, 2.05) is 20.0 Å². The summed E-state index contributed by atoms with van der Waals surface area (Å²) < 4.78 is 2.09. The third kappa shape index (κ3) is 5.31. The van der Waals surface area contributed by atoms with Gasteiger partial charge in [0, 0.05) is 44.5 Å². The number of carbonyl (C=O) groups excluding carboxylic acids is 1. The lowest BCUT2D eigenvalue weighted by Gasteiger charge is -2.11. The Hall–Kier alpha value is -1.36. The zero-order valence-electron chi connectivity index (χ0n) is 11.6. The molecule has 18 heavy (non-hydrogen) atoms. The van der Waals surface area contributed by atoms with Gasteiger partial charge in [-0.3, -0.25) is 4.79 Å². The van der Waals surface area contributed by atoms with Gasteiger partial charge < -0.3 is 15.2 Å². The molecule has 0 bridgehead atoms. The molecule has 0 radical (unpaired) electrons. The van der Waals surface area contributed by atoms with E-state index < -0.39 is 0 Å². The number of nitrogens with zero attached hydrogens (tertiary/aromatic N) is 2. The van der Waals surface area contributed by atoms with Crippen LogP contribution in [0.15, 0.2) is 12.4 Å². The molecule has 1 rings (SSSR count). The fourth-order valence-electron chi connectivity index (χ4n) is 1.62. The van der Waals surface area contributed by atoms with Crippen LogP contribution in [0.4, 0.5) is 0 Å². The number of carbonyl (C=O) groups is 1. The van der Waals surface area contributed by atoms with Crippen molar-refractivity contribution < 1.29 is 4.79 Å². The number of aromatic nitrogens is 2. The van der Waals surface area contributed by atoms with E-state index in [-0.39, 0.29) is 11.9 Å². The summed E-state index contributed by atoms with van der Waals surface area (Å²) >= 11 is 0. The molecule has 5 heteroatoms. The lowest BCUT2D eigenvalue weighted by atomic mass is 10.2. The second kappa shape index (κ2) is 7.87. The largest absolute Gasteiger partial charge is 0.354 e. The zero-order valence-corrected chi connectivity index (χ0v) is 11.6. The maximum atomic E-state index is 11.5. The van der Waals surface area contributed by atoms with E-state index in [0.717, 1.165) is 31.9 Å².